The molecule has 150 valence electrons. The van der Waals surface area contributed by atoms with Crippen LogP contribution in [-0.4, -0.2) is 43.7 Å². The lowest BCUT2D eigenvalue weighted by Crippen LogP contribution is -2.35. The zero-order valence-electron chi connectivity index (χ0n) is 16.7. The summed E-state index contributed by atoms with van der Waals surface area (Å²) in [6.07, 6.45) is 1.18. The molecule has 28 heavy (non-hydrogen) atoms. The summed E-state index contributed by atoms with van der Waals surface area (Å²) in [6, 6.07) is 16.4. The summed E-state index contributed by atoms with van der Waals surface area (Å²) in [7, 11) is 0. The van der Waals surface area contributed by atoms with Gasteiger partial charge in [0.2, 0.25) is 5.91 Å². The maximum absolute atomic E-state index is 12.0. The number of ether oxygens (including phenoxy) is 2. The van der Waals surface area contributed by atoms with Crippen molar-refractivity contribution < 1.29 is 14.3 Å². The van der Waals surface area contributed by atoms with Crippen molar-refractivity contribution in [3.8, 4) is 5.75 Å². The molecule has 0 spiro atoms. The predicted octanol–water partition coefficient (Wildman–Crippen LogP) is 3.30. The lowest BCUT2D eigenvalue weighted by Gasteiger charge is -2.26. The van der Waals surface area contributed by atoms with Crippen LogP contribution in [0, 0.1) is 6.92 Å². The highest BCUT2D eigenvalue weighted by Crippen LogP contribution is 2.13. The maximum atomic E-state index is 12.0. The molecule has 1 N–H and O–H groups in total. The van der Waals surface area contributed by atoms with E-state index in [1.165, 1.54) is 11.1 Å². The number of hydrogen-bond acceptors (Lipinski definition) is 4. The number of rotatable bonds is 9. The van der Waals surface area contributed by atoms with E-state index in [9.17, 15) is 4.79 Å². The summed E-state index contributed by atoms with van der Waals surface area (Å²) in [6.45, 7) is 7.73. The van der Waals surface area contributed by atoms with Gasteiger partial charge in [-0.25, -0.2) is 0 Å². The molecule has 2 aromatic rings. The highest BCUT2D eigenvalue weighted by atomic mass is 16.5. The number of morpholine rings is 1. The molecule has 0 unspecified atom stereocenters. The Hall–Kier alpha value is -2.37. The Balaban J connectivity index is 1.31. The van der Waals surface area contributed by atoms with E-state index < -0.39 is 0 Å². The minimum atomic E-state index is 0.0604. The molecule has 2 aromatic carbocycles. The lowest BCUT2D eigenvalue weighted by atomic mass is 10.1. The zero-order chi connectivity index (χ0) is 19.6. The van der Waals surface area contributed by atoms with Gasteiger partial charge in [-0.15, -0.1) is 0 Å². The third-order valence-corrected chi connectivity index (χ3v) is 4.83. The van der Waals surface area contributed by atoms with Crippen LogP contribution >= 0.6 is 0 Å². The largest absolute Gasteiger partial charge is 0.494 e. The Morgan fingerprint density at radius 3 is 2.61 bits per heavy atom. The van der Waals surface area contributed by atoms with E-state index in [1.807, 2.05) is 31.2 Å². The highest BCUT2D eigenvalue weighted by Gasteiger charge is 2.10. The lowest BCUT2D eigenvalue weighted by molar-refractivity contribution is -0.121. The van der Waals surface area contributed by atoms with Crippen molar-refractivity contribution in [3.05, 3.63) is 65.2 Å². The fraction of sp³-hybridized carbons (Fsp3) is 0.435. The second-order valence-electron chi connectivity index (χ2n) is 7.25. The second-order valence-corrected chi connectivity index (χ2v) is 7.25. The van der Waals surface area contributed by atoms with E-state index in [0.717, 1.165) is 44.2 Å². The van der Waals surface area contributed by atoms with E-state index in [1.54, 1.807) is 0 Å². The van der Waals surface area contributed by atoms with Crippen LogP contribution in [0.2, 0.25) is 0 Å². The molecule has 0 radical (unpaired) electrons. The van der Waals surface area contributed by atoms with Crippen LogP contribution in [0.5, 0.6) is 5.75 Å². The van der Waals surface area contributed by atoms with Gasteiger partial charge >= 0.3 is 0 Å². The van der Waals surface area contributed by atoms with Crippen LogP contribution < -0.4 is 10.1 Å². The van der Waals surface area contributed by atoms with Crippen molar-refractivity contribution >= 4 is 5.91 Å². The molecule has 1 saturated heterocycles. The summed E-state index contributed by atoms with van der Waals surface area (Å²) in [5.74, 6) is 0.919. The topological polar surface area (TPSA) is 50.8 Å². The molecule has 3 rings (SSSR count). The molecular formula is C23H30N2O3. The SMILES string of the molecule is Cc1cccc(OCCCC(=O)NCc2ccc(CN3CCOCC3)cc2)c1. The fourth-order valence-corrected chi connectivity index (χ4v) is 3.20. The highest BCUT2D eigenvalue weighted by molar-refractivity contribution is 5.75. The van der Waals surface area contributed by atoms with Gasteiger partial charge in [-0.05, 0) is 42.2 Å². The Morgan fingerprint density at radius 2 is 1.86 bits per heavy atom. The maximum Gasteiger partial charge on any atom is 0.220 e. The first-order valence-electron chi connectivity index (χ1n) is 10.0. The number of benzene rings is 2. The van der Waals surface area contributed by atoms with Crippen LogP contribution in [0.3, 0.4) is 0 Å². The zero-order valence-corrected chi connectivity index (χ0v) is 16.7. The first-order valence-corrected chi connectivity index (χ1v) is 10.0. The molecule has 5 heteroatoms. The number of hydrogen-bond donors (Lipinski definition) is 1. The standard InChI is InChI=1S/C23H30N2O3/c1-19-4-2-5-22(16-19)28-13-3-6-23(26)24-17-20-7-9-21(10-8-20)18-25-11-14-27-15-12-25/h2,4-5,7-10,16H,3,6,11-15,17-18H2,1H3,(H,24,26). The van der Waals surface area contributed by atoms with Gasteiger partial charge in [-0.2, -0.15) is 0 Å². The van der Waals surface area contributed by atoms with Gasteiger partial charge in [-0.1, -0.05) is 36.4 Å². The molecule has 5 nitrogen and oxygen atoms in total. The number of carbonyl (C=O) groups excluding carboxylic acids is 1. The number of amides is 1. The Kier molecular flexibility index (Phi) is 7.88. The van der Waals surface area contributed by atoms with Gasteiger partial charge in [-0.3, -0.25) is 9.69 Å². The number of nitrogens with one attached hydrogen (secondary N) is 1. The molecule has 0 aliphatic carbocycles. The van der Waals surface area contributed by atoms with E-state index >= 15 is 0 Å². The van der Waals surface area contributed by atoms with Gasteiger partial charge in [0.15, 0.2) is 0 Å². The van der Waals surface area contributed by atoms with E-state index in [0.29, 0.717) is 26.0 Å². The monoisotopic (exact) mass is 382 g/mol. The number of nitrogens with zero attached hydrogens (tertiary/aromatic N) is 1. The molecule has 0 atom stereocenters. The minimum Gasteiger partial charge on any atom is -0.494 e. The van der Waals surface area contributed by atoms with Gasteiger partial charge in [0.25, 0.3) is 0 Å². The third kappa shape index (κ3) is 6.98. The normalized spacial score (nSPS) is 14.6. The van der Waals surface area contributed by atoms with Crippen molar-refractivity contribution in [2.24, 2.45) is 0 Å². The van der Waals surface area contributed by atoms with Crippen LogP contribution in [-0.2, 0) is 22.6 Å². The van der Waals surface area contributed by atoms with Crippen molar-refractivity contribution in [1.29, 1.82) is 0 Å². The van der Waals surface area contributed by atoms with Crippen LogP contribution in [0.1, 0.15) is 29.5 Å². The number of aryl methyl sites for hydroxylation is 1. The average Bonchev–Trinajstić information content (AvgIpc) is 2.72. The molecule has 1 fully saturated rings. The second kappa shape index (κ2) is 10.8. The Labute approximate surface area is 167 Å². The number of carbonyl (C=O) groups is 1. The van der Waals surface area contributed by atoms with Crippen molar-refractivity contribution in [3.63, 3.8) is 0 Å². The van der Waals surface area contributed by atoms with E-state index in [4.69, 9.17) is 9.47 Å². The summed E-state index contributed by atoms with van der Waals surface area (Å²) >= 11 is 0. The molecule has 1 aliphatic heterocycles. The van der Waals surface area contributed by atoms with Crippen LogP contribution in [0.15, 0.2) is 48.5 Å². The van der Waals surface area contributed by atoms with Crippen molar-refractivity contribution in [2.75, 3.05) is 32.9 Å². The Bertz CT molecular complexity index is 740. The smallest absolute Gasteiger partial charge is 0.220 e. The molecule has 0 bridgehead atoms. The fourth-order valence-electron chi connectivity index (χ4n) is 3.20. The average molecular weight is 383 g/mol. The molecule has 1 aliphatic rings. The quantitative estimate of drug-likeness (QED) is 0.676. The van der Waals surface area contributed by atoms with E-state index in [2.05, 4.69) is 34.5 Å². The van der Waals surface area contributed by atoms with Gasteiger partial charge < -0.3 is 14.8 Å². The van der Waals surface area contributed by atoms with E-state index in [-0.39, 0.29) is 5.91 Å². The summed E-state index contributed by atoms with van der Waals surface area (Å²) in [5, 5.41) is 2.99. The van der Waals surface area contributed by atoms with Crippen LogP contribution in [0.4, 0.5) is 0 Å². The Morgan fingerprint density at radius 1 is 1.11 bits per heavy atom. The van der Waals surface area contributed by atoms with Gasteiger partial charge in [0.05, 0.1) is 19.8 Å². The van der Waals surface area contributed by atoms with Gasteiger partial charge in [0.1, 0.15) is 5.75 Å². The molecular weight excluding hydrogens is 352 g/mol. The minimum absolute atomic E-state index is 0.0604. The molecule has 0 aromatic heterocycles. The third-order valence-electron chi connectivity index (χ3n) is 4.83. The first-order chi connectivity index (χ1) is 13.7. The predicted molar refractivity (Wildman–Crippen MR) is 110 cm³/mol. The van der Waals surface area contributed by atoms with Gasteiger partial charge in [0, 0.05) is 32.6 Å². The summed E-state index contributed by atoms with van der Waals surface area (Å²) in [4.78, 5) is 14.4. The molecule has 1 amide bonds. The molecule has 1 heterocycles. The first kappa shape index (κ1) is 20.4. The van der Waals surface area contributed by atoms with Crippen molar-refractivity contribution in [2.45, 2.75) is 32.9 Å². The summed E-state index contributed by atoms with van der Waals surface area (Å²) < 4.78 is 11.1. The van der Waals surface area contributed by atoms with Crippen LogP contribution in [0.25, 0.3) is 0 Å². The molecule has 0 saturated carbocycles. The summed E-state index contributed by atoms with van der Waals surface area (Å²) in [5.41, 5.74) is 3.59. The van der Waals surface area contributed by atoms with Crippen molar-refractivity contribution in [1.82, 2.24) is 10.2 Å².